The highest BCUT2D eigenvalue weighted by atomic mass is 16.2. The summed E-state index contributed by atoms with van der Waals surface area (Å²) < 4.78 is 0. The number of hydrogen-bond donors (Lipinski definition) is 2. The Labute approximate surface area is 117 Å². The van der Waals surface area contributed by atoms with E-state index < -0.39 is 11.8 Å². The predicted molar refractivity (Wildman–Crippen MR) is 75.9 cm³/mol. The first-order chi connectivity index (χ1) is 9.66. The van der Waals surface area contributed by atoms with Gasteiger partial charge in [0.1, 0.15) is 5.82 Å². The molecule has 2 amide bonds. The zero-order chi connectivity index (χ0) is 14.4. The Hall–Kier alpha value is -2.69. The normalized spacial score (nSPS) is 11.4. The molecule has 1 heterocycles. The minimum Gasteiger partial charge on any atom is -0.341 e. The number of pyridine rings is 1. The van der Waals surface area contributed by atoms with Gasteiger partial charge in [0.25, 0.3) is 0 Å². The van der Waals surface area contributed by atoms with Crippen molar-refractivity contribution in [2.75, 3.05) is 5.32 Å². The topological polar surface area (TPSA) is 71.1 Å². The molecule has 1 atom stereocenters. The molecule has 0 aliphatic carbocycles. The summed E-state index contributed by atoms with van der Waals surface area (Å²) in [6, 6.07) is 14.3. The van der Waals surface area contributed by atoms with E-state index in [0.717, 1.165) is 5.56 Å². The van der Waals surface area contributed by atoms with Crippen molar-refractivity contribution in [1.82, 2.24) is 10.3 Å². The van der Waals surface area contributed by atoms with Crippen LogP contribution in [0.3, 0.4) is 0 Å². The fraction of sp³-hybridized carbons (Fsp3) is 0.133. The molecule has 2 aromatic rings. The molecule has 0 radical (unpaired) electrons. The quantitative estimate of drug-likeness (QED) is 0.836. The molecule has 0 aliphatic rings. The fourth-order valence-corrected chi connectivity index (χ4v) is 1.70. The van der Waals surface area contributed by atoms with Crippen molar-refractivity contribution in [2.45, 2.75) is 13.0 Å². The molecule has 0 saturated carbocycles. The first-order valence-corrected chi connectivity index (χ1v) is 6.24. The van der Waals surface area contributed by atoms with Crippen molar-refractivity contribution in [2.24, 2.45) is 0 Å². The van der Waals surface area contributed by atoms with E-state index in [1.807, 2.05) is 37.3 Å². The Bertz CT molecular complexity index is 585. The summed E-state index contributed by atoms with van der Waals surface area (Å²) in [6.45, 7) is 1.82. The van der Waals surface area contributed by atoms with Crippen LogP contribution in [0.4, 0.5) is 5.82 Å². The van der Waals surface area contributed by atoms with Crippen molar-refractivity contribution in [3.05, 3.63) is 60.3 Å². The largest absolute Gasteiger partial charge is 0.341 e. The van der Waals surface area contributed by atoms with Crippen molar-refractivity contribution in [1.29, 1.82) is 0 Å². The number of rotatable bonds is 3. The summed E-state index contributed by atoms with van der Waals surface area (Å²) in [7, 11) is 0. The lowest BCUT2D eigenvalue weighted by molar-refractivity contribution is -0.136. The highest BCUT2D eigenvalue weighted by molar-refractivity contribution is 6.39. The summed E-state index contributed by atoms with van der Waals surface area (Å²) in [5, 5.41) is 5.07. The second-order valence-electron chi connectivity index (χ2n) is 4.27. The standard InChI is InChI=1S/C15H15N3O2/c1-11(12-7-3-2-4-8-12)17-14(19)15(20)18-13-9-5-6-10-16-13/h2-11H,1H3,(H,17,19)(H,16,18,20)/t11-/m1/s1. The third-order valence-electron chi connectivity index (χ3n) is 2.76. The fourth-order valence-electron chi connectivity index (χ4n) is 1.70. The minimum atomic E-state index is -0.730. The molecular weight excluding hydrogens is 254 g/mol. The summed E-state index contributed by atoms with van der Waals surface area (Å²) in [6.07, 6.45) is 1.54. The highest BCUT2D eigenvalue weighted by Gasteiger charge is 2.17. The van der Waals surface area contributed by atoms with Crippen molar-refractivity contribution in [3.63, 3.8) is 0 Å². The predicted octanol–water partition coefficient (Wildman–Crippen LogP) is 1.90. The van der Waals surface area contributed by atoms with Gasteiger partial charge in [0, 0.05) is 6.20 Å². The maximum atomic E-state index is 11.8. The van der Waals surface area contributed by atoms with Gasteiger partial charge >= 0.3 is 11.8 Å². The number of aromatic nitrogens is 1. The molecule has 0 saturated heterocycles. The number of benzene rings is 1. The van der Waals surface area contributed by atoms with Crippen LogP contribution in [0.1, 0.15) is 18.5 Å². The van der Waals surface area contributed by atoms with Crippen LogP contribution in [-0.4, -0.2) is 16.8 Å². The Morgan fingerprint density at radius 1 is 1.00 bits per heavy atom. The molecule has 0 spiro atoms. The third kappa shape index (κ3) is 3.65. The Morgan fingerprint density at radius 3 is 2.35 bits per heavy atom. The number of nitrogens with zero attached hydrogens (tertiary/aromatic N) is 1. The minimum absolute atomic E-state index is 0.238. The lowest BCUT2D eigenvalue weighted by Gasteiger charge is -2.13. The number of anilines is 1. The van der Waals surface area contributed by atoms with E-state index in [1.54, 1.807) is 24.4 Å². The van der Waals surface area contributed by atoms with Gasteiger partial charge in [-0.1, -0.05) is 36.4 Å². The van der Waals surface area contributed by atoms with Crippen LogP contribution in [0.15, 0.2) is 54.7 Å². The van der Waals surface area contributed by atoms with Crippen molar-refractivity contribution < 1.29 is 9.59 Å². The van der Waals surface area contributed by atoms with Crippen LogP contribution in [0, 0.1) is 0 Å². The first-order valence-electron chi connectivity index (χ1n) is 6.24. The number of nitrogens with one attached hydrogen (secondary N) is 2. The number of amides is 2. The lowest BCUT2D eigenvalue weighted by atomic mass is 10.1. The van der Waals surface area contributed by atoms with E-state index in [9.17, 15) is 9.59 Å². The van der Waals surface area contributed by atoms with Gasteiger partial charge in [0.2, 0.25) is 0 Å². The Morgan fingerprint density at radius 2 is 1.70 bits per heavy atom. The van der Waals surface area contributed by atoms with Gasteiger partial charge in [-0.15, -0.1) is 0 Å². The van der Waals surface area contributed by atoms with Crippen LogP contribution in [-0.2, 0) is 9.59 Å². The molecule has 5 nitrogen and oxygen atoms in total. The van der Waals surface area contributed by atoms with E-state index >= 15 is 0 Å². The van der Waals surface area contributed by atoms with Crippen LogP contribution in [0.25, 0.3) is 0 Å². The summed E-state index contributed by atoms with van der Waals surface area (Å²) >= 11 is 0. The SMILES string of the molecule is C[C@@H](NC(=O)C(=O)Nc1ccccn1)c1ccccc1. The summed E-state index contributed by atoms with van der Waals surface area (Å²) in [5.74, 6) is -1.07. The van der Waals surface area contributed by atoms with Crippen molar-refractivity contribution >= 4 is 17.6 Å². The second-order valence-corrected chi connectivity index (χ2v) is 4.27. The van der Waals surface area contributed by atoms with Gasteiger partial charge in [0.15, 0.2) is 0 Å². The van der Waals surface area contributed by atoms with Gasteiger partial charge < -0.3 is 10.6 Å². The molecule has 2 N–H and O–H groups in total. The molecule has 2 rings (SSSR count). The lowest BCUT2D eigenvalue weighted by Crippen LogP contribution is -2.37. The van der Waals surface area contributed by atoms with Crippen LogP contribution in [0.5, 0.6) is 0 Å². The third-order valence-corrected chi connectivity index (χ3v) is 2.76. The number of hydrogen-bond acceptors (Lipinski definition) is 3. The van der Waals surface area contributed by atoms with Crippen LogP contribution >= 0.6 is 0 Å². The first kappa shape index (κ1) is 13.7. The zero-order valence-corrected chi connectivity index (χ0v) is 11.0. The molecule has 20 heavy (non-hydrogen) atoms. The van der Waals surface area contributed by atoms with Gasteiger partial charge in [-0.05, 0) is 24.6 Å². The van der Waals surface area contributed by atoms with Gasteiger partial charge in [0.05, 0.1) is 6.04 Å². The molecule has 1 aromatic heterocycles. The Kier molecular flexibility index (Phi) is 4.44. The molecule has 0 bridgehead atoms. The maximum absolute atomic E-state index is 11.8. The molecule has 1 aromatic carbocycles. The van der Waals surface area contributed by atoms with E-state index in [4.69, 9.17) is 0 Å². The molecular formula is C15H15N3O2. The second kappa shape index (κ2) is 6.47. The van der Waals surface area contributed by atoms with Crippen molar-refractivity contribution in [3.8, 4) is 0 Å². The molecule has 0 fully saturated rings. The molecule has 0 unspecified atom stereocenters. The van der Waals surface area contributed by atoms with Gasteiger partial charge in [-0.25, -0.2) is 4.98 Å². The van der Waals surface area contributed by atoms with Gasteiger partial charge in [-0.2, -0.15) is 0 Å². The van der Waals surface area contributed by atoms with Crippen LogP contribution in [0.2, 0.25) is 0 Å². The molecule has 5 heteroatoms. The van der Waals surface area contributed by atoms with E-state index in [2.05, 4.69) is 15.6 Å². The molecule has 0 aliphatic heterocycles. The smallest absolute Gasteiger partial charge is 0.314 e. The average molecular weight is 269 g/mol. The number of carbonyl (C=O) groups is 2. The summed E-state index contributed by atoms with van der Waals surface area (Å²) in [4.78, 5) is 27.4. The monoisotopic (exact) mass is 269 g/mol. The van der Waals surface area contributed by atoms with E-state index in [0.29, 0.717) is 5.82 Å². The zero-order valence-electron chi connectivity index (χ0n) is 11.0. The van der Waals surface area contributed by atoms with Crippen LogP contribution < -0.4 is 10.6 Å². The van der Waals surface area contributed by atoms with E-state index in [-0.39, 0.29) is 6.04 Å². The Balaban J connectivity index is 1.93. The maximum Gasteiger partial charge on any atom is 0.314 e. The van der Waals surface area contributed by atoms with Gasteiger partial charge in [-0.3, -0.25) is 9.59 Å². The number of carbonyl (C=O) groups excluding carboxylic acids is 2. The average Bonchev–Trinajstić information content (AvgIpc) is 2.49. The van der Waals surface area contributed by atoms with E-state index in [1.165, 1.54) is 0 Å². The summed E-state index contributed by atoms with van der Waals surface area (Å²) in [5.41, 5.74) is 0.937. The highest BCUT2D eigenvalue weighted by Crippen LogP contribution is 2.10. The molecule has 102 valence electrons.